The van der Waals surface area contributed by atoms with E-state index in [4.69, 9.17) is 0 Å². The largest absolute Gasteiger partial charge is 0.295 e. The van der Waals surface area contributed by atoms with E-state index in [0.717, 1.165) is 36.8 Å². The number of hydrogen-bond acceptors (Lipinski definition) is 2. The molecule has 0 unspecified atom stereocenters. The van der Waals surface area contributed by atoms with E-state index < -0.39 is 10.1 Å². The van der Waals surface area contributed by atoms with Gasteiger partial charge in [0.25, 0.3) is 10.1 Å². The molecule has 0 heterocycles. The van der Waals surface area contributed by atoms with Crippen molar-refractivity contribution in [3.8, 4) is 0 Å². The molecule has 0 atom stereocenters. The van der Waals surface area contributed by atoms with Crippen molar-refractivity contribution in [2.75, 3.05) is 0 Å². The first-order valence-corrected chi connectivity index (χ1v) is 19.2. The molecule has 5 aliphatic carbocycles. The van der Waals surface area contributed by atoms with Crippen LogP contribution in [0.4, 0.5) is 0 Å². The molecule has 0 aromatic heterocycles. The molecular weight excluding hydrogens is 512 g/mol. The molecule has 0 bridgehead atoms. The van der Waals surface area contributed by atoms with Crippen LogP contribution < -0.4 is 0 Å². The molecular formula is C36H56O3S. The lowest BCUT2D eigenvalue weighted by Gasteiger charge is -2.42. The second kappa shape index (κ2) is 13.2. The zero-order valence-electron chi connectivity index (χ0n) is 25.2. The van der Waals surface area contributed by atoms with Gasteiger partial charge in [-0.25, -0.2) is 0 Å². The van der Waals surface area contributed by atoms with Crippen molar-refractivity contribution in [3.05, 3.63) is 27.8 Å². The van der Waals surface area contributed by atoms with Crippen molar-refractivity contribution in [2.45, 2.75) is 195 Å². The van der Waals surface area contributed by atoms with E-state index in [9.17, 15) is 13.0 Å². The van der Waals surface area contributed by atoms with E-state index in [1.165, 1.54) is 146 Å². The summed E-state index contributed by atoms with van der Waals surface area (Å²) in [6, 6.07) is 0. The molecule has 5 aliphatic rings. The van der Waals surface area contributed by atoms with Crippen molar-refractivity contribution in [3.63, 3.8) is 0 Å². The molecule has 6 rings (SSSR count). The number of hydrogen-bond donors (Lipinski definition) is 1. The molecule has 0 saturated heterocycles. The quantitative estimate of drug-likeness (QED) is 0.347. The zero-order valence-corrected chi connectivity index (χ0v) is 26.1. The smallest absolute Gasteiger partial charge is 0.282 e. The van der Waals surface area contributed by atoms with E-state index in [1.54, 1.807) is 5.56 Å². The van der Waals surface area contributed by atoms with Crippen molar-refractivity contribution in [1.29, 1.82) is 0 Å². The fraction of sp³-hybridized carbons (Fsp3) is 0.833. The normalized spacial score (nSPS) is 25.8. The molecule has 1 N–H and O–H groups in total. The first-order valence-electron chi connectivity index (χ1n) is 17.7. The highest BCUT2D eigenvalue weighted by Crippen LogP contribution is 2.56. The molecule has 4 heteroatoms. The Balaban J connectivity index is 1.71. The van der Waals surface area contributed by atoms with Crippen LogP contribution in [0.3, 0.4) is 0 Å². The summed E-state index contributed by atoms with van der Waals surface area (Å²) in [4.78, 5) is 0.465. The summed E-state index contributed by atoms with van der Waals surface area (Å²) in [6.07, 6.45) is 30.8. The Morgan fingerprint density at radius 1 is 0.350 bits per heavy atom. The van der Waals surface area contributed by atoms with Crippen LogP contribution in [0.15, 0.2) is 4.90 Å². The highest BCUT2D eigenvalue weighted by atomic mass is 32.2. The molecule has 224 valence electrons. The van der Waals surface area contributed by atoms with Gasteiger partial charge in [0.2, 0.25) is 0 Å². The third-order valence-electron chi connectivity index (χ3n) is 12.0. The highest BCUT2D eigenvalue weighted by Gasteiger charge is 2.42. The van der Waals surface area contributed by atoms with Gasteiger partial charge in [-0.2, -0.15) is 8.42 Å². The Labute approximate surface area is 245 Å². The van der Waals surface area contributed by atoms with Crippen LogP contribution >= 0.6 is 0 Å². The van der Waals surface area contributed by atoms with Crippen LogP contribution in [-0.4, -0.2) is 13.0 Å². The lowest BCUT2D eigenvalue weighted by molar-refractivity contribution is 0.377. The molecule has 5 fully saturated rings. The topological polar surface area (TPSA) is 54.4 Å². The van der Waals surface area contributed by atoms with Crippen molar-refractivity contribution >= 4 is 10.1 Å². The molecule has 0 spiro atoms. The highest BCUT2D eigenvalue weighted by molar-refractivity contribution is 7.86. The van der Waals surface area contributed by atoms with Gasteiger partial charge in [0.05, 0.1) is 0 Å². The third-order valence-corrected chi connectivity index (χ3v) is 12.9. The predicted octanol–water partition coefficient (Wildman–Crippen LogP) is 11.2. The summed E-state index contributed by atoms with van der Waals surface area (Å²) in [6.45, 7) is 0. The molecule has 0 radical (unpaired) electrons. The first kappa shape index (κ1) is 29.2. The second-order valence-corrected chi connectivity index (χ2v) is 15.9. The summed E-state index contributed by atoms with van der Waals surface area (Å²) in [7, 11) is -4.33. The van der Waals surface area contributed by atoms with E-state index >= 15 is 0 Å². The Morgan fingerprint density at radius 2 is 0.550 bits per heavy atom. The summed E-state index contributed by atoms with van der Waals surface area (Å²) in [5.41, 5.74) is 6.98. The van der Waals surface area contributed by atoms with Gasteiger partial charge in [0.1, 0.15) is 4.90 Å². The van der Waals surface area contributed by atoms with Crippen LogP contribution in [0.2, 0.25) is 0 Å². The fourth-order valence-corrected chi connectivity index (χ4v) is 11.3. The summed E-state index contributed by atoms with van der Waals surface area (Å²) < 4.78 is 39.1. The summed E-state index contributed by atoms with van der Waals surface area (Å²) >= 11 is 0. The van der Waals surface area contributed by atoms with Gasteiger partial charge in [-0.15, -0.1) is 0 Å². The monoisotopic (exact) mass is 568 g/mol. The molecule has 0 amide bonds. The van der Waals surface area contributed by atoms with Gasteiger partial charge >= 0.3 is 0 Å². The lowest BCUT2D eigenvalue weighted by Crippen LogP contribution is -2.27. The average Bonchev–Trinajstić information content (AvgIpc) is 3.01. The average molecular weight is 569 g/mol. The van der Waals surface area contributed by atoms with E-state index in [-0.39, 0.29) is 0 Å². The fourth-order valence-electron chi connectivity index (χ4n) is 10.2. The van der Waals surface area contributed by atoms with Crippen LogP contribution in [0.25, 0.3) is 0 Å². The van der Waals surface area contributed by atoms with Gasteiger partial charge < -0.3 is 0 Å². The Morgan fingerprint density at radius 3 is 0.775 bits per heavy atom. The zero-order chi connectivity index (χ0) is 27.5. The SMILES string of the molecule is O=S(=O)(O)c1c(C2CCCCC2)c(C2CCCCC2)c(C2CCCCC2)c(C2CCCCC2)c1C1CCCCC1. The maximum absolute atomic E-state index is 13.9. The van der Waals surface area contributed by atoms with Crippen LogP contribution in [0.5, 0.6) is 0 Å². The van der Waals surface area contributed by atoms with Crippen LogP contribution in [-0.2, 0) is 10.1 Å². The van der Waals surface area contributed by atoms with Crippen LogP contribution in [0, 0.1) is 0 Å². The minimum atomic E-state index is -4.33. The van der Waals surface area contributed by atoms with Gasteiger partial charge in [-0.3, -0.25) is 4.55 Å². The number of benzene rings is 1. The first-order chi connectivity index (χ1) is 19.5. The molecule has 3 nitrogen and oxygen atoms in total. The molecule has 5 saturated carbocycles. The lowest BCUT2D eigenvalue weighted by atomic mass is 9.64. The Bertz CT molecular complexity index is 1030. The van der Waals surface area contributed by atoms with Crippen molar-refractivity contribution < 1.29 is 13.0 Å². The third kappa shape index (κ3) is 6.10. The van der Waals surface area contributed by atoms with Crippen LogP contribution in [0.1, 0.15) is 218 Å². The van der Waals surface area contributed by atoms with E-state index in [0.29, 0.717) is 34.5 Å². The summed E-state index contributed by atoms with van der Waals surface area (Å²) in [5, 5.41) is 0. The van der Waals surface area contributed by atoms with Gasteiger partial charge in [-0.1, -0.05) is 96.3 Å². The van der Waals surface area contributed by atoms with Crippen molar-refractivity contribution in [1.82, 2.24) is 0 Å². The van der Waals surface area contributed by atoms with Gasteiger partial charge in [0.15, 0.2) is 0 Å². The molecule has 1 aromatic carbocycles. The van der Waals surface area contributed by atoms with Crippen molar-refractivity contribution in [2.24, 2.45) is 0 Å². The minimum Gasteiger partial charge on any atom is -0.282 e. The Kier molecular flexibility index (Phi) is 9.63. The number of rotatable bonds is 6. The summed E-state index contributed by atoms with van der Waals surface area (Å²) in [5.74, 6) is 2.14. The molecule has 1 aromatic rings. The standard InChI is InChI=1S/C36H56O3S/c37-40(38,39)36-34(29-22-12-4-13-23-29)32(27-18-8-2-9-19-27)31(26-16-6-1-7-17-26)33(28-20-10-3-11-21-28)35(36)30-24-14-5-15-25-30/h26-30H,1-25H2,(H,37,38,39). The minimum absolute atomic E-state index is 0.299. The van der Waals surface area contributed by atoms with E-state index in [1.807, 2.05) is 0 Å². The van der Waals surface area contributed by atoms with Gasteiger partial charge in [-0.05, 0) is 122 Å². The predicted molar refractivity (Wildman–Crippen MR) is 165 cm³/mol. The van der Waals surface area contributed by atoms with Gasteiger partial charge in [0, 0.05) is 0 Å². The van der Waals surface area contributed by atoms with E-state index in [2.05, 4.69) is 0 Å². The Hall–Kier alpha value is -0.870. The molecule has 40 heavy (non-hydrogen) atoms. The molecule has 0 aliphatic heterocycles. The maximum Gasteiger partial charge on any atom is 0.295 e. The second-order valence-electron chi connectivity index (χ2n) is 14.5. The maximum atomic E-state index is 13.9.